The molecule has 0 atom stereocenters. The minimum atomic E-state index is 0.733. The minimum Gasteiger partial charge on any atom is -0.396 e. The largest absolute Gasteiger partial charge is 0.396 e. The van der Waals surface area contributed by atoms with Crippen molar-refractivity contribution in [2.45, 2.75) is 58.3 Å². The van der Waals surface area contributed by atoms with Crippen LogP contribution in [0.1, 0.15) is 58.3 Å². The van der Waals surface area contributed by atoms with Crippen molar-refractivity contribution in [1.29, 1.82) is 0 Å². The number of hydrogen-bond donors (Lipinski definition) is 2. The fourth-order valence-electron chi connectivity index (χ4n) is 2.05. The zero-order chi connectivity index (χ0) is 13.1. The Kier molecular flexibility index (Phi) is 8.02. The summed E-state index contributed by atoms with van der Waals surface area (Å²) >= 11 is 0. The molecule has 0 saturated carbocycles. The standard InChI is InChI=1S/C15H27N3/c1-2-3-4-5-6-7-8-9-11-18-15-10-12-17-13-14(15)16/h10,12-13H,2-9,11,16H2,1H3,(H,17,18). The van der Waals surface area contributed by atoms with Gasteiger partial charge in [-0.05, 0) is 12.5 Å². The number of nitrogens with zero attached hydrogens (tertiary/aromatic N) is 1. The number of rotatable bonds is 10. The summed E-state index contributed by atoms with van der Waals surface area (Å²) in [5.74, 6) is 0. The number of anilines is 2. The number of hydrogen-bond acceptors (Lipinski definition) is 3. The first kappa shape index (κ1) is 14.8. The molecule has 0 saturated heterocycles. The van der Waals surface area contributed by atoms with Crippen molar-refractivity contribution in [3.63, 3.8) is 0 Å². The van der Waals surface area contributed by atoms with Gasteiger partial charge in [-0.2, -0.15) is 0 Å². The predicted octanol–water partition coefficient (Wildman–Crippen LogP) is 4.22. The van der Waals surface area contributed by atoms with E-state index in [0.717, 1.165) is 17.9 Å². The quantitative estimate of drug-likeness (QED) is 0.610. The van der Waals surface area contributed by atoms with Crippen LogP contribution in [0.4, 0.5) is 11.4 Å². The highest BCUT2D eigenvalue weighted by Crippen LogP contribution is 2.15. The van der Waals surface area contributed by atoms with Gasteiger partial charge in [-0.3, -0.25) is 4.98 Å². The van der Waals surface area contributed by atoms with Crippen molar-refractivity contribution in [2.75, 3.05) is 17.6 Å². The van der Waals surface area contributed by atoms with Crippen LogP contribution < -0.4 is 11.1 Å². The number of aromatic nitrogens is 1. The highest BCUT2D eigenvalue weighted by Gasteiger charge is 1.96. The summed E-state index contributed by atoms with van der Waals surface area (Å²) in [5, 5.41) is 3.36. The average Bonchev–Trinajstić information content (AvgIpc) is 2.39. The van der Waals surface area contributed by atoms with Crippen LogP contribution >= 0.6 is 0 Å². The smallest absolute Gasteiger partial charge is 0.0736 e. The summed E-state index contributed by atoms with van der Waals surface area (Å²) in [6, 6.07) is 1.93. The van der Waals surface area contributed by atoms with Crippen LogP contribution in [0.3, 0.4) is 0 Å². The molecule has 0 bridgehead atoms. The number of pyridine rings is 1. The predicted molar refractivity (Wildman–Crippen MR) is 79.7 cm³/mol. The Balaban J connectivity index is 1.94. The van der Waals surface area contributed by atoms with Gasteiger partial charge in [0.1, 0.15) is 0 Å². The van der Waals surface area contributed by atoms with E-state index in [-0.39, 0.29) is 0 Å². The number of nitrogens with two attached hydrogens (primary N) is 1. The molecule has 1 heterocycles. The van der Waals surface area contributed by atoms with Crippen LogP contribution in [0, 0.1) is 0 Å². The molecule has 18 heavy (non-hydrogen) atoms. The Morgan fingerprint density at radius 2 is 1.72 bits per heavy atom. The van der Waals surface area contributed by atoms with Gasteiger partial charge in [0.15, 0.2) is 0 Å². The van der Waals surface area contributed by atoms with E-state index in [4.69, 9.17) is 5.73 Å². The summed E-state index contributed by atoms with van der Waals surface area (Å²) in [6.45, 7) is 3.26. The zero-order valence-electron chi connectivity index (χ0n) is 11.6. The molecule has 0 amide bonds. The molecule has 0 radical (unpaired) electrons. The average molecular weight is 249 g/mol. The molecule has 3 heteroatoms. The van der Waals surface area contributed by atoms with E-state index in [0.29, 0.717) is 0 Å². The SMILES string of the molecule is CCCCCCCCCCNc1ccncc1N. The van der Waals surface area contributed by atoms with E-state index < -0.39 is 0 Å². The molecule has 1 aromatic rings. The Hall–Kier alpha value is -1.25. The third-order valence-corrected chi connectivity index (χ3v) is 3.20. The summed E-state index contributed by atoms with van der Waals surface area (Å²) in [6.07, 6.45) is 14.3. The maximum Gasteiger partial charge on any atom is 0.0736 e. The summed E-state index contributed by atoms with van der Waals surface area (Å²) in [4.78, 5) is 3.97. The monoisotopic (exact) mass is 249 g/mol. The highest BCUT2D eigenvalue weighted by atomic mass is 14.9. The highest BCUT2D eigenvalue weighted by molar-refractivity contribution is 5.63. The van der Waals surface area contributed by atoms with E-state index in [1.165, 1.54) is 51.4 Å². The molecular formula is C15H27N3. The van der Waals surface area contributed by atoms with Crippen molar-refractivity contribution in [2.24, 2.45) is 0 Å². The molecule has 3 N–H and O–H groups in total. The van der Waals surface area contributed by atoms with E-state index in [9.17, 15) is 0 Å². The Morgan fingerprint density at radius 3 is 2.39 bits per heavy atom. The molecule has 3 nitrogen and oxygen atoms in total. The van der Waals surface area contributed by atoms with Crippen molar-refractivity contribution in [3.8, 4) is 0 Å². The topological polar surface area (TPSA) is 50.9 Å². The molecule has 0 aliphatic carbocycles. The number of unbranched alkanes of at least 4 members (excludes halogenated alkanes) is 7. The summed E-state index contributed by atoms with van der Waals surface area (Å²) in [7, 11) is 0. The first-order valence-corrected chi connectivity index (χ1v) is 7.28. The maximum absolute atomic E-state index is 5.80. The zero-order valence-corrected chi connectivity index (χ0v) is 11.6. The second kappa shape index (κ2) is 9.75. The lowest BCUT2D eigenvalue weighted by Gasteiger charge is -2.08. The molecule has 1 rings (SSSR count). The Bertz CT molecular complexity index is 312. The van der Waals surface area contributed by atoms with E-state index in [1.807, 2.05) is 6.07 Å². The van der Waals surface area contributed by atoms with Crippen LogP contribution in [-0.4, -0.2) is 11.5 Å². The second-order valence-corrected chi connectivity index (χ2v) is 4.86. The van der Waals surface area contributed by atoms with Crippen LogP contribution in [0.2, 0.25) is 0 Å². The van der Waals surface area contributed by atoms with Crippen LogP contribution in [0.25, 0.3) is 0 Å². The van der Waals surface area contributed by atoms with E-state index >= 15 is 0 Å². The minimum absolute atomic E-state index is 0.733. The lowest BCUT2D eigenvalue weighted by Crippen LogP contribution is -2.04. The van der Waals surface area contributed by atoms with Gasteiger partial charge < -0.3 is 11.1 Å². The van der Waals surface area contributed by atoms with Crippen molar-refractivity contribution < 1.29 is 0 Å². The molecule has 0 unspecified atom stereocenters. The Morgan fingerprint density at radius 1 is 1.06 bits per heavy atom. The van der Waals surface area contributed by atoms with Gasteiger partial charge >= 0.3 is 0 Å². The lowest BCUT2D eigenvalue weighted by molar-refractivity contribution is 0.581. The summed E-state index contributed by atoms with van der Waals surface area (Å²) < 4.78 is 0. The fraction of sp³-hybridized carbons (Fsp3) is 0.667. The van der Waals surface area contributed by atoms with Gasteiger partial charge in [-0.1, -0.05) is 51.9 Å². The van der Waals surface area contributed by atoms with E-state index in [2.05, 4.69) is 17.2 Å². The third kappa shape index (κ3) is 6.48. The maximum atomic E-state index is 5.80. The van der Waals surface area contributed by atoms with Gasteiger partial charge in [-0.15, -0.1) is 0 Å². The molecule has 0 aliphatic heterocycles. The molecular weight excluding hydrogens is 222 g/mol. The molecule has 0 fully saturated rings. The third-order valence-electron chi connectivity index (χ3n) is 3.20. The van der Waals surface area contributed by atoms with E-state index in [1.54, 1.807) is 12.4 Å². The van der Waals surface area contributed by atoms with Gasteiger partial charge in [0.2, 0.25) is 0 Å². The van der Waals surface area contributed by atoms with Gasteiger partial charge in [0, 0.05) is 12.7 Å². The van der Waals surface area contributed by atoms with Gasteiger partial charge in [-0.25, -0.2) is 0 Å². The number of nitrogens with one attached hydrogen (secondary N) is 1. The van der Waals surface area contributed by atoms with Crippen LogP contribution in [0.5, 0.6) is 0 Å². The molecule has 0 aliphatic rings. The molecule has 1 aromatic heterocycles. The first-order chi connectivity index (χ1) is 8.84. The van der Waals surface area contributed by atoms with Crippen molar-refractivity contribution in [3.05, 3.63) is 18.5 Å². The van der Waals surface area contributed by atoms with Gasteiger partial charge in [0.25, 0.3) is 0 Å². The van der Waals surface area contributed by atoms with Gasteiger partial charge in [0.05, 0.1) is 17.6 Å². The Labute approximate surface area is 111 Å². The summed E-state index contributed by atoms with van der Waals surface area (Å²) in [5.41, 5.74) is 7.55. The molecule has 0 aromatic carbocycles. The fourth-order valence-corrected chi connectivity index (χ4v) is 2.05. The first-order valence-electron chi connectivity index (χ1n) is 7.28. The van der Waals surface area contributed by atoms with Crippen molar-refractivity contribution in [1.82, 2.24) is 4.98 Å². The van der Waals surface area contributed by atoms with Crippen molar-refractivity contribution >= 4 is 11.4 Å². The number of nitrogen functional groups attached to an aromatic ring is 1. The van der Waals surface area contributed by atoms with Crippen LogP contribution in [0.15, 0.2) is 18.5 Å². The second-order valence-electron chi connectivity index (χ2n) is 4.86. The van der Waals surface area contributed by atoms with Crippen LogP contribution in [-0.2, 0) is 0 Å². The lowest BCUT2D eigenvalue weighted by atomic mass is 10.1. The molecule has 102 valence electrons. The normalized spacial score (nSPS) is 10.5. The molecule has 0 spiro atoms.